The normalized spacial score (nSPS) is 12.6. The molecule has 2 N–H and O–H groups in total. The molecule has 1 amide bonds. The van der Waals surface area contributed by atoms with Gasteiger partial charge in [-0.15, -0.1) is 0 Å². The van der Waals surface area contributed by atoms with Crippen LogP contribution < -0.4 is 5.32 Å². The number of aromatic nitrogens is 2. The van der Waals surface area contributed by atoms with E-state index in [1.807, 2.05) is 24.3 Å². The minimum absolute atomic E-state index is 0.0822. The van der Waals surface area contributed by atoms with Crippen LogP contribution in [0.4, 0.5) is 13.2 Å². The van der Waals surface area contributed by atoms with E-state index in [9.17, 15) is 18.0 Å². The molecule has 7 heteroatoms. The molecule has 0 saturated heterocycles. The molecule has 1 unspecified atom stereocenters. The number of nitrogens with zero attached hydrogens (tertiary/aromatic N) is 1. The van der Waals surface area contributed by atoms with E-state index in [-0.39, 0.29) is 24.4 Å². The largest absolute Gasteiger partial charge is 0.416 e. The van der Waals surface area contributed by atoms with Crippen LogP contribution in [-0.2, 0) is 17.5 Å². The highest BCUT2D eigenvalue weighted by atomic mass is 19.4. The zero-order valence-electron chi connectivity index (χ0n) is 16.5. The fourth-order valence-corrected chi connectivity index (χ4v) is 3.79. The number of alkyl halides is 3. The summed E-state index contributed by atoms with van der Waals surface area (Å²) in [4.78, 5) is 19.8. The number of aromatic amines is 1. The average Bonchev–Trinajstić information content (AvgIpc) is 3.20. The quantitative estimate of drug-likeness (QED) is 0.435. The van der Waals surface area contributed by atoms with Gasteiger partial charge in [0, 0.05) is 48.4 Å². The van der Waals surface area contributed by atoms with E-state index in [0.717, 1.165) is 22.5 Å². The highest BCUT2D eigenvalue weighted by Crippen LogP contribution is 2.40. The summed E-state index contributed by atoms with van der Waals surface area (Å²) in [7, 11) is 0. The predicted molar refractivity (Wildman–Crippen MR) is 112 cm³/mol. The number of fused-ring (bicyclic) bond motifs is 1. The van der Waals surface area contributed by atoms with Gasteiger partial charge < -0.3 is 10.3 Å². The van der Waals surface area contributed by atoms with Crippen molar-refractivity contribution in [2.75, 3.05) is 0 Å². The monoisotopic (exact) mass is 423 g/mol. The molecular weight excluding hydrogens is 403 g/mol. The smallest absolute Gasteiger partial charge is 0.361 e. The van der Waals surface area contributed by atoms with Gasteiger partial charge in [-0.25, -0.2) is 0 Å². The van der Waals surface area contributed by atoms with E-state index in [0.29, 0.717) is 5.56 Å². The Morgan fingerprint density at radius 1 is 0.968 bits per heavy atom. The number of carbonyl (C=O) groups excluding carboxylic acids is 1. The summed E-state index contributed by atoms with van der Waals surface area (Å²) in [6.45, 7) is 0.281. The molecule has 4 aromatic rings. The molecule has 31 heavy (non-hydrogen) atoms. The van der Waals surface area contributed by atoms with E-state index in [4.69, 9.17) is 0 Å². The number of benzene rings is 2. The number of carbonyl (C=O) groups is 1. The van der Waals surface area contributed by atoms with Crippen LogP contribution in [0.5, 0.6) is 0 Å². The number of amides is 1. The van der Waals surface area contributed by atoms with Gasteiger partial charge in [-0.05, 0) is 41.0 Å². The predicted octanol–water partition coefficient (Wildman–Crippen LogP) is 5.42. The first-order chi connectivity index (χ1) is 14.9. The van der Waals surface area contributed by atoms with Crippen molar-refractivity contribution in [3.63, 3.8) is 0 Å². The van der Waals surface area contributed by atoms with Gasteiger partial charge >= 0.3 is 6.18 Å². The summed E-state index contributed by atoms with van der Waals surface area (Å²) in [5.74, 6) is -1.09. The van der Waals surface area contributed by atoms with E-state index < -0.39 is 17.7 Å². The van der Waals surface area contributed by atoms with Gasteiger partial charge in [-0.2, -0.15) is 13.2 Å². The van der Waals surface area contributed by atoms with Crippen LogP contribution in [0.1, 0.15) is 34.6 Å². The van der Waals surface area contributed by atoms with E-state index in [2.05, 4.69) is 15.3 Å². The third-order valence-corrected chi connectivity index (χ3v) is 5.27. The van der Waals surface area contributed by atoms with Gasteiger partial charge in [-0.1, -0.05) is 36.4 Å². The van der Waals surface area contributed by atoms with Crippen molar-refractivity contribution in [1.82, 2.24) is 15.3 Å². The van der Waals surface area contributed by atoms with E-state index in [1.54, 1.807) is 36.8 Å². The van der Waals surface area contributed by atoms with Crippen LogP contribution in [0.15, 0.2) is 79.3 Å². The Bertz CT molecular complexity index is 1190. The fourth-order valence-electron chi connectivity index (χ4n) is 3.79. The zero-order chi connectivity index (χ0) is 21.8. The minimum Gasteiger partial charge on any atom is -0.361 e. The van der Waals surface area contributed by atoms with Gasteiger partial charge in [-0.3, -0.25) is 9.78 Å². The van der Waals surface area contributed by atoms with Crippen LogP contribution in [0.3, 0.4) is 0 Å². The van der Waals surface area contributed by atoms with Crippen molar-refractivity contribution in [2.45, 2.75) is 25.1 Å². The van der Waals surface area contributed by atoms with Crippen molar-refractivity contribution in [3.8, 4) is 0 Å². The Labute approximate surface area is 177 Å². The summed E-state index contributed by atoms with van der Waals surface area (Å²) in [6, 6.07) is 16.4. The molecule has 0 aliphatic heterocycles. The molecule has 2 aromatic heterocycles. The lowest BCUT2D eigenvalue weighted by atomic mass is 9.85. The Morgan fingerprint density at radius 3 is 2.45 bits per heavy atom. The Balaban J connectivity index is 1.70. The number of para-hydroxylation sites is 1. The topological polar surface area (TPSA) is 57.8 Å². The van der Waals surface area contributed by atoms with E-state index >= 15 is 0 Å². The van der Waals surface area contributed by atoms with Gasteiger partial charge in [0.1, 0.15) is 0 Å². The molecule has 0 radical (unpaired) electrons. The van der Waals surface area contributed by atoms with Crippen LogP contribution in [-0.4, -0.2) is 15.9 Å². The number of pyridine rings is 1. The highest BCUT2D eigenvalue weighted by Gasteiger charge is 2.36. The van der Waals surface area contributed by atoms with Gasteiger partial charge in [0.05, 0.1) is 5.56 Å². The zero-order valence-corrected chi connectivity index (χ0v) is 16.5. The summed E-state index contributed by atoms with van der Waals surface area (Å²) >= 11 is 0. The Kier molecular flexibility index (Phi) is 5.75. The first kappa shape index (κ1) is 20.7. The van der Waals surface area contributed by atoms with Crippen molar-refractivity contribution < 1.29 is 18.0 Å². The summed E-state index contributed by atoms with van der Waals surface area (Å²) in [5.41, 5.74) is 1.68. The third kappa shape index (κ3) is 4.60. The third-order valence-electron chi connectivity index (χ3n) is 5.27. The summed E-state index contributed by atoms with van der Waals surface area (Å²) in [6.07, 6.45) is 0.304. The molecule has 4 nitrogen and oxygen atoms in total. The molecule has 0 fully saturated rings. The lowest BCUT2D eigenvalue weighted by Crippen LogP contribution is -2.25. The van der Waals surface area contributed by atoms with Gasteiger partial charge in [0.25, 0.3) is 0 Å². The van der Waals surface area contributed by atoms with Crippen LogP contribution in [0.2, 0.25) is 0 Å². The maximum absolute atomic E-state index is 13.8. The molecule has 0 saturated carbocycles. The van der Waals surface area contributed by atoms with E-state index in [1.165, 1.54) is 12.1 Å². The van der Waals surface area contributed by atoms with Gasteiger partial charge in [0.15, 0.2) is 0 Å². The van der Waals surface area contributed by atoms with Crippen molar-refractivity contribution in [2.24, 2.45) is 0 Å². The second-order valence-corrected chi connectivity index (χ2v) is 7.26. The fraction of sp³-hybridized carbons (Fsp3) is 0.167. The molecule has 0 bridgehead atoms. The highest BCUT2D eigenvalue weighted by molar-refractivity contribution is 5.86. The number of halogens is 3. The minimum atomic E-state index is -4.52. The number of hydrogen-bond acceptors (Lipinski definition) is 2. The van der Waals surface area contributed by atoms with Crippen LogP contribution in [0, 0.1) is 0 Å². The molecular formula is C24H20F3N3O. The van der Waals surface area contributed by atoms with Crippen LogP contribution in [0.25, 0.3) is 10.9 Å². The molecule has 0 aliphatic rings. The maximum atomic E-state index is 13.8. The second-order valence-electron chi connectivity index (χ2n) is 7.26. The number of nitrogens with one attached hydrogen (secondary N) is 2. The van der Waals surface area contributed by atoms with Crippen molar-refractivity contribution >= 4 is 16.8 Å². The SMILES string of the molecule is O=C(CC(c1ccccc1C(F)(F)F)c1c[nH]c2ccccc12)NCc1ccncc1. The average molecular weight is 423 g/mol. The van der Waals surface area contributed by atoms with Crippen molar-refractivity contribution in [1.29, 1.82) is 0 Å². The lowest BCUT2D eigenvalue weighted by molar-refractivity contribution is -0.138. The standard InChI is InChI=1S/C24H20F3N3O/c25-24(26,27)21-7-3-1-5-17(21)19(20-15-29-22-8-4-2-6-18(20)22)13-23(31)30-14-16-9-11-28-12-10-16/h1-12,15,19,29H,13-14H2,(H,30,31). The molecule has 1 atom stereocenters. The molecule has 0 aliphatic carbocycles. The second kappa shape index (κ2) is 8.63. The Morgan fingerprint density at radius 2 is 1.68 bits per heavy atom. The lowest BCUT2D eigenvalue weighted by Gasteiger charge is -2.21. The first-order valence-corrected chi connectivity index (χ1v) is 9.81. The van der Waals surface area contributed by atoms with Crippen molar-refractivity contribution in [3.05, 3.63) is 102 Å². The molecule has 2 aromatic carbocycles. The van der Waals surface area contributed by atoms with Crippen LogP contribution >= 0.6 is 0 Å². The summed E-state index contributed by atoms with van der Waals surface area (Å²) < 4.78 is 41.3. The number of rotatable bonds is 6. The number of hydrogen-bond donors (Lipinski definition) is 2. The first-order valence-electron chi connectivity index (χ1n) is 9.81. The Hall–Kier alpha value is -3.61. The van der Waals surface area contributed by atoms with Gasteiger partial charge in [0.2, 0.25) is 5.91 Å². The maximum Gasteiger partial charge on any atom is 0.416 e. The molecule has 0 spiro atoms. The molecule has 2 heterocycles. The molecule has 158 valence electrons. The number of H-pyrrole nitrogens is 1. The molecule has 4 rings (SSSR count). The summed E-state index contributed by atoms with van der Waals surface area (Å²) in [5, 5.41) is 3.61.